The molecule has 0 fully saturated rings. The molecule has 0 amide bonds. The van der Waals surface area contributed by atoms with Crippen molar-refractivity contribution >= 4 is 5.97 Å². The summed E-state index contributed by atoms with van der Waals surface area (Å²) in [6, 6.07) is -1.68. The molecule has 0 aliphatic heterocycles. The molecule has 0 radical (unpaired) electrons. The maximum atomic E-state index is 11.7. The molecule has 12 heavy (non-hydrogen) atoms. The van der Waals surface area contributed by atoms with Crippen molar-refractivity contribution < 1.29 is 23.4 Å². The van der Waals surface area contributed by atoms with Crippen molar-refractivity contribution in [2.75, 3.05) is 6.61 Å². The van der Waals surface area contributed by atoms with E-state index in [2.05, 4.69) is 4.74 Å². The highest BCUT2D eigenvalue weighted by atomic mass is 19.3. The number of alkyl halides is 2. The normalized spacial score (nSPS) is 15.8. The Kier molecular flexibility index (Phi) is 4.68. The predicted molar refractivity (Wildman–Crippen MR) is 36.6 cm³/mol. The molecule has 0 unspecified atom stereocenters. The van der Waals surface area contributed by atoms with Crippen LogP contribution < -0.4 is 5.73 Å². The molecule has 0 aromatic rings. The van der Waals surface area contributed by atoms with Gasteiger partial charge in [-0.1, -0.05) is 0 Å². The highest BCUT2D eigenvalue weighted by molar-refractivity contribution is 5.76. The molecule has 0 aliphatic rings. The Labute approximate surface area is 68.3 Å². The number of esters is 1. The molecule has 72 valence electrons. The number of hydrogen-bond donors (Lipinski definition) is 2. The van der Waals surface area contributed by atoms with Crippen molar-refractivity contribution in [2.45, 2.75) is 25.5 Å². The van der Waals surface area contributed by atoms with Crippen LogP contribution in [0.4, 0.5) is 8.78 Å². The Morgan fingerprint density at radius 1 is 1.67 bits per heavy atom. The zero-order valence-corrected chi connectivity index (χ0v) is 6.54. The molecule has 0 aliphatic carbocycles. The summed E-state index contributed by atoms with van der Waals surface area (Å²) >= 11 is 0. The van der Waals surface area contributed by atoms with Gasteiger partial charge >= 0.3 is 5.97 Å². The molecular weight excluding hydrogens is 172 g/mol. The van der Waals surface area contributed by atoms with Crippen LogP contribution in [0.3, 0.4) is 0 Å². The molecule has 0 rings (SSSR count). The number of ether oxygens (including phenoxy) is 1. The quantitative estimate of drug-likeness (QED) is 0.576. The van der Waals surface area contributed by atoms with Gasteiger partial charge < -0.3 is 15.6 Å². The van der Waals surface area contributed by atoms with E-state index in [4.69, 9.17) is 10.8 Å². The van der Waals surface area contributed by atoms with Gasteiger partial charge in [0.1, 0.15) is 12.1 Å². The predicted octanol–water partition coefficient (Wildman–Crippen LogP) is -0.497. The van der Waals surface area contributed by atoms with E-state index in [0.29, 0.717) is 0 Å². The van der Waals surface area contributed by atoms with Crippen LogP contribution in [0.15, 0.2) is 0 Å². The Bertz CT molecular complexity index is 154. The molecule has 3 N–H and O–H groups in total. The number of carbonyl (C=O) groups excluding carboxylic acids is 1. The number of carbonyl (C=O) groups is 1. The lowest BCUT2D eigenvalue weighted by Crippen LogP contribution is -2.46. The van der Waals surface area contributed by atoms with E-state index in [-0.39, 0.29) is 6.61 Å². The van der Waals surface area contributed by atoms with Gasteiger partial charge in [-0.05, 0) is 6.92 Å². The summed E-state index contributed by atoms with van der Waals surface area (Å²) in [7, 11) is 0. The van der Waals surface area contributed by atoms with Gasteiger partial charge in [-0.2, -0.15) is 0 Å². The van der Waals surface area contributed by atoms with Crippen molar-refractivity contribution in [3.63, 3.8) is 0 Å². The lowest BCUT2D eigenvalue weighted by atomic mass is 10.2. The summed E-state index contributed by atoms with van der Waals surface area (Å²) in [5.74, 6) is -1.02. The third-order valence-electron chi connectivity index (χ3n) is 1.18. The summed E-state index contributed by atoms with van der Waals surface area (Å²) in [5, 5.41) is 8.62. The van der Waals surface area contributed by atoms with Gasteiger partial charge in [0.05, 0.1) is 6.61 Å². The second kappa shape index (κ2) is 5.00. The van der Waals surface area contributed by atoms with Crippen LogP contribution in [0.5, 0.6) is 0 Å². The second-order valence-corrected chi connectivity index (χ2v) is 2.10. The lowest BCUT2D eigenvalue weighted by molar-refractivity contribution is -0.150. The Balaban J connectivity index is 4.00. The first-order chi connectivity index (χ1) is 5.50. The molecule has 0 aromatic carbocycles. The standard InChI is InChI=1S/C6H11F2NO3/c1-2-12-6(11)3(9)4(10)5(7)8/h3-5,10H,2,9H2,1H3/t3-,4+/m1/s1. The number of halogens is 2. The van der Waals surface area contributed by atoms with Gasteiger partial charge in [-0.25, -0.2) is 8.78 Å². The maximum Gasteiger partial charge on any atom is 0.325 e. The Hall–Kier alpha value is -0.750. The van der Waals surface area contributed by atoms with E-state index in [1.807, 2.05) is 0 Å². The molecule has 6 heteroatoms. The van der Waals surface area contributed by atoms with Crippen LogP contribution in [0.1, 0.15) is 6.92 Å². The third-order valence-corrected chi connectivity index (χ3v) is 1.18. The highest BCUT2D eigenvalue weighted by Gasteiger charge is 2.30. The SMILES string of the molecule is CCOC(=O)[C@H](N)[C@H](O)C(F)F. The van der Waals surface area contributed by atoms with Crippen molar-refractivity contribution in [1.82, 2.24) is 0 Å². The zero-order valence-electron chi connectivity index (χ0n) is 6.54. The Morgan fingerprint density at radius 2 is 2.17 bits per heavy atom. The number of rotatable bonds is 4. The van der Waals surface area contributed by atoms with Crippen LogP contribution in [-0.4, -0.2) is 36.3 Å². The molecule has 0 saturated carbocycles. The van der Waals surface area contributed by atoms with E-state index < -0.39 is 24.5 Å². The summed E-state index contributed by atoms with van der Waals surface area (Å²) in [6.07, 6.45) is -5.20. The Morgan fingerprint density at radius 3 is 2.50 bits per heavy atom. The van der Waals surface area contributed by atoms with Gasteiger partial charge in [0.15, 0.2) is 0 Å². The fourth-order valence-electron chi connectivity index (χ4n) is 0.535. The van der Waals surface area contributed by atoms with E-state index in [1.54, 1.807) is 0 Å². The van der Waals surface area contributed by atoms with Crippen LogP contribution in [0.2, 0.25) is 0 Å². The van der Waals surface area contributed by atoms with E-state index >= 15 is 0 Å². The second-order valence-electron chi connectivity index (χ2n) is 2.10. The van der Waals surface area contributed by atoms with Crippen molar-refractivity contribution in [3.05, 3.63) is 0 Å². The van der Waals surface area contributed by atoms with Gasteiger partial charge in [0, 0.05) is 0 Å². The molecule has 0 aromatic heterocycles. The lowest BCUT2D eigenvalue weighted by Gasteiger charge is -2.15. The number of aliphatic hydroxyl groups is 1. The minimum absolute atomic E-state index is 0.0441. The van der Waals surface area contributed by atoms with E-state index in [9.17, 15) is 13.6 Å². The largest absolute Gasteiger partial charge is 0.465 e. The minimum atomic E-state index is -3.04. The fourth-order valence-corrected chi connectivity index (χ4v) is 0.535. The van der Waals surface area contributed by atoms with E-state index in [0.717, 1.165) is 0 Å². The summed E-state index contributed by atoms with van der Waals surface area (Å²) in [6.45, 7) is 1.56. The zero-order chi connectivity index (χ0) is 9.72. The van der Waals surface area contributed by atoms with Gasteiger partial charge in [0.2, 0.25) is 0 Å². The average Bonchev–Trinajstić information content (AvgIpc) is 2.02. The van der Waals surface area contributed by atoms with Crippen LogP contribution >= 0.6 is 0 Å². The van der Waals surface area contributed by atoms with Gasteiger partial charge in [-0.3, -0.25) is 4.79 Å². The number of hydrogen-bond acceptors (Lipinski definition) is 4. The van der Waals surface area contributed by atoms with Crippen LogP contribution in [0, 0.1) is 0 Å². The summed E-state index contributed by atoms with van der Waals surface area (Å²) < 4.78 is 27.8. The smallest absolute Gasteiger partial charge is 0.325 e. The summed E-state index contributed by atoms with van der Waals surface area (Å²) in [5.41, 5.74) is 4.94. The number of nitrogens with two attached hydrogens (primary N) is 1. The molecular formula is C6H11F2NO3. The topological polar surface area (TPSA) is 72.5 Å². The molecule has 0 saturated heterocycles. The molecule has 0 heterocycles. The molecule has 2 atom stereocenters. The van der Waals surface area contributed by atoms with Crippen molar-refractivity contribution in [2.24, 2.45) is 5.73 Å². The molecule has 0 spiro atoms. The van der Waals surface area contributed by atoms with Crippen LogP contribution in [-0.2, 0) is 9.53 Å². The third kappa shape index (κ3) is 3.10. The molecule has 4 nitrogen and oxygen atoms in total. The van der Waals surface area contributed by atoms with Crippen LogP contribution in [0.25, 0.3) is 0 Å². The molecule has 0 bridgehead atoms. The van der Waals surface area contributed by atoms with E-state index in [1.165, 1.54) is 6.92 Å². The first kappa shape index (κ1) is 11.2. The first-order valence-corrected chi connectivity index (χ1v) is 3.39. The number of aliphatic hydroxyl groups excluding tert-OH is 1. The van der Waals surface area contributed by atoms with Gasteiger partial charge in [-0.15, -0.1) is 0 Å². The van der Waals surface area contributed by atoms with Gasteiger partial charge in [0.25, 0.3) is 6.43 Å². The fraction of sp³-hybridized carbons (Fsp3) is 0.833. The van der Waals surface area contributed by atoms with Crippen molar-refractivity contribution in [3.8, 4) is 0 Å². The highest BCUT2D eigenvalue weighted by Crippen LogP contribution is 2.04. The van der Waals surface area contributed by atoms with Crippen molar-refractivity contribution in [1.29, 1.82) is 0 Å². The first-order valence-electron chi connectivity index (χ1n) is 3.39. The monoisotopic (exact) mass is 183 g/mol. The summed E-state index contributed by atoms with van der Waals surface area (Å²) in [4.78, 5) is 10.6. The minimum Gasteiger partial charge on any atom is -0.465 e. The maximum absolute atomic E-state index is 11.7. The average molecular weight is 183 g/mol.